The van der Waals surface area contributed by atoms with E-state index in [4.69, 9.17) is 25.8 Å². The highest BCUT2D eigenvalue weighted by molar-refractivity contribution is 9.10. The Morgan fingerprint density at radius 2 is 1.88 bits per heavy atom. The van der Waals surface area contributed by atoms with Crippen LogP contribution in [0.2, 0.25) is 5.02 Å². The molecule has 0 aliphatic carbocycles. The first-order chi connectivity index (χ1) is 11.5. The van der Waals surface area contributed by atoms with Crippen LogP contribution in [0.3, 0.4) is 0 Å². The monoisotopic (exact) mass is 412 g/mol. The average Bonchev–Trinajstić information content (AvgIpc) is 2.54. The Kier molecular flexibility index (Phi) is 6.63. The van der Waals surface area contributed by atoms with E-state index in [-0.39, 0.29) is 24.5 Å². The van der Waals surface area contributed by atoms with E-state index < -0.39 is 11.9 Å². The minimum absolute atomic E-state index is 0.125. The number of halogens is 2. The summed E-state index contributed by atoms with van der Waals surface area (Å²) in [5.74, 6) is -0.620. The predicted octanol–water partition coefficient (Wildman–Crippen LogP) is 4.26. The molecule has 0 fully saturated rings. The van der Waals surface area contributed by atoms with Gasteiger partial charge < -0.3 is 14.2 Å². The molecule has 5 nitrogen and oxygen atoms in total. The van der Waals surface area contributed by atoms with Gasteiger partial charge in [0, 0.05) is 5.02 Å². The molecule has 0 aromatic heterocycles. The highest BCUT2D eigenvalue weighted by Gasteiger charge is 2.16. The molecule has 0 atom stereocenters. The van der Waals surface area contributed by atoms with E-state index in [0.29, 0.717) is 15.2 Å². The molecule has 126 valence electrons. The molecule has 0 bridgehead atoms. The fraction of sp³-hybridized carbons (Fsp3) is 0.176. The van der Waals surface area contributed by atoms with E-state index >= 15 is 0 Å². The minimum Gasteiger partial charge on any atom is -0.481 e. The Morgan fingerprint density at radius 1 is 1.12 bits per heavy atom. The van der Waals surface area contributed by atoms with Crippen LogP contribution in [0, 0.1) is 0 Å². The number of para-hydroxylation sites is 1. The zero-order valence-electron chi connectivity index (χ0n) is 12.8. The number of esters is 2. The van der Waals surface area contributed by atoms with Gasteiger partial charge in [0.15, 0.2) is 6.61 Å². The van der Waals surface area contributed by atoms with Gasteiger partial charge in [-0.3, -0.25) is 0 Å². The number of benzene rings is 2. The zero-order valence-corrected chi connectivity index (χ0v) is 15.1. The van der Waals surface area contributed by atoms with Crippen LogP contribution in [0.1, 0.15) is 17.3 Å². The summed E-state index contributed by atoms with van der Waals surface area (Å²) >= 11 is 9.13. The van der Waals surface area contributed by atoms with Crippen molar-refractivity contribution in [1.29, 1.82) is 0 Å². The molecule has 0 amide bonds. The largest absolute Gasteiger partial charge is 0.481 e. The summed E-state index contributed by atoms with van der Waals surface area (Å²) in [6.07, 6.45) is 0. The van der Waals surface area contributed by atoms with Gasteiger partial charge in [-0.25, -0.2) is 9.59 Å². The van der Waals surface area contributed by atoms with Crippen LogP contribution in [0.4, 0.5) is 0 Å². The lowest BCUT2D eigenvalue weighted by atomic mass is 10.2. The number of rotatable bonds is 6. The van der Waals surface area contributed by atoms with Crippen molar-refractivity contribution in [2.75, 3.05) is 13.2 Å². The van der Waals surface area contributed by atoms with Crippen LogP contribution >= 0.6 is 27.5 Å². The fourth-order valence-electron chi connectivity index (χ4n) is 1.81. The van der Waals surface area contributed by atoms with E-state index in [1.807, 2.05) is 0 Å². The third-order valence-electron chi connectivity index (χ3n) is 2.85. The second-order valence-corrected chi connectivity index (χ2v) is 5.84. The molecule has 0 aliphatic rings. The van der Waals surface area contributed by atoms with Crippen LogP contribution in [0.25, 0.3) is 0 Å². The van der Waals surface area contributed by atoms with E-state index in [1.165, 1.54) is 12.1 Å². The zero-order chi connectivity index (χ0) is 17.5. The van der Waals surface area contributed by atoms with Gasteiger partial charge in [0.2, 0.25) is 0 Å². The summed E-state index contributed by atoms with van der Waals surface area (Å²) in [5, 5.41) is 0.542. The van der Waals surface area contributed by atoms with Gasteiger partial charge in [-0.2, -0.15) is 0 Å². The Balaban J connectivity index is 2.01. The summed E-state index contributed by atoms with van der Waals surface area (Å²) in [5.41, 5.74) is 0.181. The van der Waals surface area contributed by atoms with Crippen molar-refractivity contribution in [1.82, 2.24) is 0 Å². The molecular weight excluding hydrogens is 400 g/mol. The van der Waals surface area contributed by atoms with Gasteiger partial charge in [-0.15, -0.1) is 0 Å². The quantitative estimate of drug-likeness (QED) is 0.523. The molecular formula is C17H14BrClO5. The van der Waals surface area contributed by atoms with Gasteiger partial charge in [0.25, 0.3) is 0 Å². The Morgan fingerprint density at radius 3 is 2.58 bits per heavy atom. The summed E-state index contributed by atoms with van der Waals surface area (Å²) in [6, 6.07) is 11.3. The molecule has 0 unspecified atom stereocenters. The van der Waals surface area contributed by atoms with Gasteiger partial charge in [0.05, 0.1) is 11.1 Å². The van der Waals surface area contributed by atoms with Gasteiger partial charge >= 0.3 is 11.9 Å². The van der Waals surface area contributed by atoms with Gasteiger partial charge in [0.1, 0.15) is 17.1 Å². The van der Waals surface area contributed by atoms with Crippen LogP contribution in [0.5, 0.6) is 11.5 Å². The van der Waals surface area contributed by atoms with E-state index in [0.717, 1.165) is 0 Å². The minimum atomic E-state index is -0.645. The second kappa shape index (κ2) is 8.70. The van der Waals surface area contributed by atoms with Crippen LogP contribution in [-0.2, 0) is 9.53 Å². The van der Waals surface area contributed by atoms with Crippen molar-refractivity contribution < 1.29 is 23.8 Å². The van der Waals surface area contributed by atoms with Crippen LogP contribution < -0.4 is 9.47 Å². The highest BCUT2D eigenvalue weighted by Crippen LogP contribution is 2.28. The van der Waals surface area contributed by atoms with Crippen molar-refractivity contribution in [2.45, 2.75) is 6.92 Å². The fourth-order valence-corrected chi connectivity index (χ4v) is 2.61. The maximum atomic E-state index is 12.0. The molecule has 0 heterocycles. The number of hydrogen-bond donors (Lipinski definition) is 0. The molecule has 0 N–H and O–H groups in total. The van der Waals surface area contributed by atoms with Crippen molar-refractivity contribution in [3.63, 3.8) is 0 Å². The lowest BCUT2D eigenvalue weighted by molar-refractivity contribution is -0.136. The normalized spacial score (nSPS) is 10.1. The van der Waals surface area contributed by atoms with Crippen LogP contribution in [-0.4, -0.2) is 25.2 Å². The molecule has 2 aromatic rings. The lowest BCUT2D eigenvalue weighted by Crippen LogP contribution is -2.19. The summed E-state index contributed by atoms with van der Waals surface area (Å²) in [6.45, 7) is 1.61. The van der Waals surface area contributed by atoms with E-state index in [2.05, 4.69) is 15.9 Å². The van der Waals surface area contributed by atoms with Crippen molar-refractivity contribution in [3.05, 3.63) is 57.5 Å². The van der Waals surface area contributed by atoms with Crippen molar-refractivity contribution in [2.24, 2.45) is 0 Å². The van der Waals surface area contributed by atoms with Crippen molar-refractivity contribution in [3.8, 4) is 11.5 Å². The Labute approximate surface area is 152 Å². The molecule has 0 aliphatic heterocycles. The Hall–Kier alpha value is -2.05. The highest BCUT2D eigenvalue weighted by atomic mass is 79.9. The summed E-state index contributed by atoms with van der Waals surface area (Å²) in [4.78, 5) is 23.8. The molecule has 0 saturated carbocycles. The van der Waals surface area contributed by atoms with Crippen molar-refractivity contribution >= 4 is 39.5 Å². The van der Waals surface area contributed by atoms with Gasteiger partial charge in [-0.1, -0.05) is 23.7 Å². The first-order valence-electron chi connectivity index (χ1n) is 7.06. The molecule has 2 aromatic carbocycles. The molecule has 0 saturated heterocycles. The predicted molar refractivity (Wildman–Crippen MR) is 92.7 cm³/mol. The topological polar surface area (TPSA) is 61.8 Å². The first kappa shape index (κ1) is 18.3. The number of ether oxygens (including phenoxy) is 3. The maximum absolute atomic E-state index is 12.0. The number of carbonyl (C=O) groups excluding carboxylic acids is 2. The third-order valence-corrected chi connectivity index (χ3v) is 3.70. The van der Waals surface area contributed by atoms with Crippen LogP contribution in [0.15, 0.2) is 46.9 Å². The molecule has 7 heteroatoms. The molecule has 0 spiro atoms. The standard InChI is InChI=1S/C17H14BrClO5/c1-2-22-17(21)12-5-3-4-6-14(12)24-16(20)10-23-15-8-7-11(19)9-13(15)18/h3-9H,2,10H2,1H3. The maximum Gasteiger partial charge on any atom is 0.349 e. The Bertz CT molecular complexity index is 748. The lowest BCUT2D eigenvalue weighted by Gasteiger charge is -2.11. The first-order valence-corrected chi connectivity index (χ1v) is 8.23. The molecule has 0 radical (unpaired) electrons. The van der Waals surface area contributed by atoms with E-state index in [9.17, 15) is 9.59 Å². The number of carbonyl (C=O) groups is 2. The van der Waals surface area contributed by atoms with Gasteiger partial charge in [-0.05, 0) is 53.2 Å². The average molecular weight is 414 g/mol. The summed E-state index contributed by atoms with van der Waals surface area (Å²) in [7, 11) is 0. The second-order valence-electron chi connectivity index (χ2n) is 4.55. The molecule has 24 heavy (non-hydrogen) atoms. The SMILES string of the molecule is CCOC(=O)c1ccccc1OC(=O)COc1ccc(Cl)cc1Br. The summed E-state index contributed by atoms with van der Waals surface area (Å²) < 4.78 is 16.1. The smallest absolute Gasteiger partial charge is 0.349 e. The third kappa shape index (κ3) is 4.97. The number of hydrogen-bond acceptors (Lipinski definition) is 5. The van der Waals surface area contributed by atoms with E-state index in [1.54, 1.807) is 37.3 Å². The molecule has 2 rings (SSSR count).